The third-order valence-electron chi connectivity index (χ3n) is 3.44. The summed E-state index contributed by atoms with van der Waals surface area (Å²) in [4.78, 5) is 14.0. The van der Waals surface area contributed by atoms with Gasteiger partial charge in [-0.25, -0.2) is 0 Å². The molecule has 2 atom stereocenters. The molecule has 0 radical (unpaired) electrons. The van der Waals surface area contributed by atoms with Gasteiger partial charge in [-0.2, -0.15) is 0 Å². The zero-order valence-corrected chi connectivity index (χ0v) is 11.2. The zero-order valence-electron chi connectivity index (χ0n) is 11.2. The lowest BCUT2D eigenvalue weighted by Crippen LogP contribution is -2.16. The molecule has 0 aliphatic carbocycles. The van der Waals surface area contributed by atoms with Gasteiger partial charge < -0.3 is 4.74 Å². The minimum absolute atomic E-state index is 0.0704. The highest BCUT2D eigenvalue weighted by molar-refractivity contribution is 5.79. The number of hydrogen-bond acceptors (Lipinski definition) is 3. The first-order valence-electron chi connectivity index (χ1n) is 6.81. The maximum atomic E-state index is 11.9. The molecule has 0 N–H and O–H groups in total. The highest BCUT2D eigenvalue weighted by Gasteiger charge is 2.41. The topological polar surface area (TPSA) is 29.3 Å². The molecule has 3 nitrogen and oxygen atoms in total. The monoisotopic (exact) mass is 267 g/mol. The molecular formula is C17H17NO2. The molecule has 2 aromatic rings. The minimum atomic E-state index is -0.121. The summed E-state index contributed by atoms with van der Waals surface area (Å²) in [7, 11) is 0. The molecule has 2 aromatic carbocycles. The fraction of sp³-hybridized carbons (Fsp3) is 0.235. The molecule has 20 heavy (non-hydrogen) atoms. The quantitative estimate of drug-likeness (QED) is 0.616. The molecule has 102 valence electrons. The Balaban J connectivity index is 1.46. The van der Waals surface area contributed by atoms with Gasteiger partial charge in [0.1, 0.15) is 12.6 Å². The second-order valence-corrected chi connectivity index (χ2v) is 5.02. The lowest BCUT2D eigenvalue weighted by atomic mass is 10.2. The van der Waals surface area contributed by atoms with Gasteiger partial charge in [0, 0.05) is 13.1 Å². The molecule has 3 rings (SSSR count). The Morgan fingerprint density at radius 3 is 2.25 bits per heavy atom. The number of carbonyl (C=O) groups is 1. The number of nitrogens with zero attached hydrogens (tertiary/aromatic N) is 1. The Morgan fingerprint density at radius 1 is 1.00 bits per heavy atom. The molecule has 0 bridgehead atoms. The van der Waals surface area contributed by atoms with E-state index in [1.54, 1.807) is 0 Å². The van der Waals surface area contributed by atoms with Gasteiger partial charge in [-0.3, -0.25) is 9.69 Å². The van der Waals surface area contributed by atoms with E-state index in [0.717, 1.165) is 18.7 Å². The summed E-state index contributed by atoms with van der Waals surface area (Å²) < 4.78 is 5.34. The van der Waals surface area contributed by atoms with Crippen molar-refractivity contribution in [2.75, 3.05) is 6.54 Å². The molecule has 1 fully saturated rings. The van der Waals surface area contributed by atoms with Crippen molar-refractivity contribution in [2.45, 2.75) is 19.2 Å². The van der Waals surface area contributed by atoms with Crippen molar-refractivity contribution in [3.63, 3.8) is 0 Å². The minimum Gasteiger partial charge on any atom is -0.460 e. The lowest BCUT2D eigenvalue weighted by molar-refractivity contribution is -0.145. The van der Waals surface area contributed by atoms with Crippen LogP contribution in [0.5, 0.6) is 0 Å². The molecule has 1 saturated heterocycles. The van der Waals surface area contributed by atoms with E-state index in [4.69, 9.17) is 4.74 Å². The summed E-state index contributed by atoms with van der Waals surface area (Å²) in [5, 5.41) is 0. The van der Waals surface area contributed by atoms with Crippen LogP contribution >= 0.6 is 0 Å². The molecule has 0 aromatic heterocycles. The predicted molar refractivity (Wildman–Crippen MR) is 76.9 cm³/mol. The van der Waals surface area contributed by atoms with Crippen molar-refractivity contribution >= 4 is 5.97 Å². The van der Waals surface area contributed by atoms with Gasteiger partial charge in [-0.15, -0.1) is 0 Å². The number of benzene rings is 2. The number of hydrogen-bond donors (Lipinski definition) is 0. The highest BCUT2D eigenvalue weighted by atomic mass is 16.5. The Bertz CT molecular complexity index is 568. The molecular weight excluding hydrogens is 250 g/mol. The van der Waals surface area contributed by atoms with Gasteiger partial charge >= 0.3 is 5.97 Å². The second-order valence-electron chi connectivity index (χ2n) is 5.02. The van der Waals surface area contributed by atoms with Crippen molar-refractivity contribution < 1.29 is 9.53 Å². The Hall–Kier alpha value is -2.13. The van der Waals surface area contributed by atoms with Gasteiger partial charge in [-0.1, -0.05) is 60.7 Å². The van der Waals surface area contributed by atoms with Crippen molar-refractivity contribution in [3.05, 3.63) is 71.8 Å². The molecule has 1 aliphatic rings. The molecule has 3 heteroatoms. The third kappa shape index (κ3) is 3.25. The first kappa shape index (κ1) is 12.9. The Labute approximate surface area is 118 Å². The fourth-order valence-electron chi connectivity index (χ4n) is 2.22. The van der Waals surface area contributed by atoms with Gasteiger partial charge in [-0.05, 0) is 11.1 Å². The summed E-state index contributed by atoms with van der Waals surface area (Å²) in [5.41, 5.74) is 2.25. The highest BCUT2D eigenvalue weighted by Crippen LogP contribution is 2.22. The maximum Gasteiger partial charge on any atom is 0.325 e. The summed E-state index contributed by atoms with van der Waals surface area (Å²) in [6.45, 7) is 1.96. The summed E-state index contributed by atoms with van der Waals surface area (Å²) >= 11 is 0. The van der Waals surface area contributed by atoms with Crippen LogP contribution in [0.4, 0.5) is 0 Å². The first-order valence-corrected chi connectivity index (χ1v) is 6.81. The van der Waals surface area contributed by atoms with Crippen LogP contribution < -0.4 is 0 Å². The van der Waals surface area contributed by atoms with Gasteiger partial charge in [0.05, 0.1) is 0 Å². The van der Waals surface area contributed by atoms with Crippen LogP contribution in [0, 0.1) is 0 Å². The normalized spacial score (nSPS) is 20.4. The van der Waals surface area contributed by atoms with Crippen molar-refractivity contribution in [1.29, 1.82) is 0 Å². The summed E-state index contributed by atoms with van der Waals surface area (Å²) in [6, 6.07) is 19.9. The van der Waals surface area contributed by atoms with E-state index in [9.17, 15) is 4.79 Å². The zero-order chi connectivity index (χ0) is 13.8. The smallest absolute Gasteiger partial charge is 0.325 e. The van der Waals surface area contributed by atoms with Crippen LogP contribution in [0.25, 0.3) is 0 Å². The Morgan fingerprint density at radius 2 is 1.60 bits per heavy atom. The van der Waals surface area contributed by atoms with Crippen LogP contribution in [-0.4, -0.2) is 23.5 Å². The first-order chi connectivity index (χ1) is 9.83. The summed E-state index contributed by atoms with van der Waals surface area (Å²) in [5.74, 6) is -0.121. The summed E-state index contributed by atoms with van der Waals surface area (Å²) in [6.07, 6.45) is 0. The van der Waals surface area contributed by atoms with E-state index in [0.29, 0.717) is 6.61 Å². The molecule has 0 saturated carbocycles. The van der Waals surface area contributed by atoms with Crippen LogP contribution in [-0.2, 0) is 22.7 Å². The maximum absolute atomic E-state index is 11.9. The third-order valence-corrected chi connectivity index (χ3v) is 3.44. The van der Waals surface area contributed by atoms with E-state index in [-0.39, 0.29) is 12.0 Å². The van der Waals surface area contributed by atoms with Crippen LogP contribution in [0.15, 0.2) is 60.7 Å². The van der Waals surface area contributed by atoms with Gasteiger partial charge in [0.2, 0.25) is 0 Å². The van der Waals surface area contributed by atoms with Crippen molar-refractivity contribution in [3.8, 4) is 0 Å². The predicted octanol–water partition coefficient (Wildman–Crippen LogP) is 2.61. The van der Waals surface area contributed by atoms with E-state index in [2.05, 4.69) is 17.0 Å². The number of carbonyl (C=O) groups excluding carboxylic acids is 1. The molecule has 1 aliphatic heterocycles. The van der Waals surface area contributed by atoms with E-state index >= 15 is 0 Å². The standard InChI is InChI=1S/C17H17NO2/c19-17(20-13-15-9-5-2-6-10-15)16-12-18(16)11-14-7-3-1-4-8-14/h1-10,16H,11-13H2/t16-,18?/m0/s1. The number of rotatable bonds is 5. The van der Waals surface area contributed by atoms with E-state index in [1.807, 2.05) is 48.5 Å². The van der Waals surface area contributed by atoms with Crippen molar-refractivity contribution in [2.24, 2.45) is 0 Å². The van der Waals surface area contributed by atoms with Gasteiger partial charge in [0.25, 0.3) is 0 Å². The SMILES string of the molecule is O=C(OCc1ccccc1)[C@@H]1CN1Cc1ccccc1. The second kappa shape index (κ2) is 5.88. The van der Waals surface area contributed by atoms with Gasteiger partial charge in [0.15, 0.2) is 0 Å². The lowest BCUT2D eigenvalue weighted by Gasteiger charge is -2.06. The largest absolute Gasteiger partial charge is 0.460 e. The average Bonchev–Trinajstić information content (AvgIpc) is 3.26. The molecule has 1 unspecified atom stereocenters. The van der Waals surface area contributed by atoms with Crippen LogP contribution in [0.1, 0.15) is 11.1 Å². The van der Waals surface area contributed by atoms with Crippen LogP contribution in [0.3, 0.4) is 0 Å². The van der Waals surface area contributed by atoms with E-state index in [1.165, 1.54) is 5.56 Å². The molecule has 0 spiro atoms. The molecule has 1 heterocycles. The fourth-order valence-corrected chi connectivity index (χ4v) is 2.22. The molecule has 0 amide bonds. The number of esters is 1. The number of ether oxygens (including phenoxy) is 1. The van der Waals surface area contributed by atoms with Crippen LogP contribution in [0.2, 0.25) is 0 Å². The Kier molecular flexibility index (Phi) is 3.79. The van der Waals surface area contributed by atoms with E-state index < -0.39 is 0 Å². The van der Waals surface area contributed by atoms with Crippen molar-refractivity contribution in [1.82, 2.24) is 4.90 Å². The average molecular weight is 267 g/mol.